The maximum Gasteiger partial charge on any atom is 0.253 e. The average molecular weight is 342 g/mol. The maximum atomic E-state index is 12.8. The molecule has 7 heteroatoms. The van der Waals surface area contributed by atoms with Gasteiger partial charge >= 0.3 is 0 Å². The van der Waals surface area contributed by atoms with Crippen LogP contribution in [0.25, 0.3) is 0 Å². The third kappa shape index (κ3) is 4.24. The summed E-state index contributed by atoms with van der Waals surface area (Å²) in [6, 6.07) is 10.8. The Morgan fingerprint density at radius 3 is 2.88 bits per heavy atom. The molecule has 0 unspecified atom stereocenters. The summed E-state index contributed by atoms with van der Waals surface area (Å²) in [7, 11) is 1.76. The third-order valence-corrected chi connectivity index (χ3v) is 4.23. The van der Waals surface area contributed by atoms with Crippen molar-refractivity contribution in [2.75, 3.05) is 20.2 Å². The van der Waals surface area contributed by atoms with Gasteiger partial charge in [-0.1, -0.05) is 30.3 Å². The Bertz CT molecular complexity index is 702. The van der Waals surface area contributed by atoms with Gasteiger partial charge in [-0.2, -0.15) is 5.10 Å². The molecule has 2 heterocycles. The molecule has 1 saturated heterocycles. The number of amides is 2. The largest absolute Gasteiger partial charge is 0.356 e. The van der Waals surface area contributed by atoms with Crippen molar-refractivity contribution in [3.63, 3.8) is 0 Å². The van der Waals surface area contributed by atoms with E-state index >= 15 is 0 Å². The van der Waals surface area contributed by atoms with Crippen LogP contribution in [0.15, 0.2) is 48.8 Å². The molecule has 0 bridgehead atoms. The van der Waals surface area contributed by atoms with E-state index in [1.165, 1.54) is 0 Å². The van der Waals surface area contributed by atoms with Crippen LogP contribution in [0.4, 0.5) is 0 Å². The normalized spacial score (nSPS) is 20.1. The molecule has 3 rings (SSSR count). The molecule has 1 aromatic heterocycles. The molecular formula is C18H22N4O3. The van der Waals surface area contributed by atoms with Crippen LogP contribution in [0.2, 0.25) is 0 Å². The number of hydrogen-bond donors (Lipinski definition) is 1. The van der Waals surface area contributed by atoms with E-state index in [1.54, 1.807) is 18.1 Å². The first-order valence-corrected chi connectivity index (χ1v) is 8.33. The Hall–Kier alpha value is -2.67. The van der Waals surface area contributed by atoms with Crippen molar-refractivity contribution in [1.29, 1.82) is 0 Å². The number of aryl methyl sites for hydroxylation is 1. The van der Waals surface area contributed by atoms with Crippen LogP contribution in [0.1, 0.15) is 18.0 Å². The molecule has 0 aliphatic carbocycles. The molecule has 1 aliphatic heterocycles. The van der Waals surface area contributed by atoms with Crippen molar-refractivity contribution in [3.8, 4) is 0 Å². The van der Waals surface area contributed by atoms with Crippen molar-refractivity contribution in [2.45, 2.75) is 25.1 Å². The molecule has 0 radical (unpaired) electrons. The average Bonchev–Trinajstić information content (AvgIpc) is 3.15. The molecule has 25 heavy (non-hydrogen) atoms. The molecule has 1 aliphatic rings. The van der Waals surface area contributed by atoms with Crippen LogP contribution in [-0.4, -0.2) is 52.8 Å². The lowest BCUT2D eigenvalue weighted by Crippen LogP contribution is -2.52. The molecule has 1 fully saturated rings. The van der Waals surface area contributed by atoms with Gasteiger partial charge in [0.25, 0.3) is 5.91 Å². The Morgan fingerprint density at radius 2 is 2.16 bits per heavy atom. The van der Waals surface area contributed by atoms with Crippen LogP contribution >= 0.6 is 0 Å². The number of carbonyl (C=O) groups excluding carboxylic acids is 2. The fourth-order valence-corrected chi connectivity index (χ4v) is 2.91. The summed E-state index contributed by atoms with van der Waals surface area (Å²) in [6.07, 6.45) is 3.71. The Balaban J connectivity index is 1.62. The number of nitrogens with zero attached hydrogens (tertiary/aromatic N) is 3. The molecule has 2 atom stereocenters. The number of likely N-dealkylation sites (N-methyl/N-ethyl adjacent to an activating group) is 1. The highest BCUT2D eigenvalue weighted by molar-refractivity contribution is 5.86. The fraction of sp³-hybridized carbons (Fsp3) is 0.389. The molecule has 2 amide bonds. The van der Waals surface area contributed by atoms with Gasteiger partial charge in [0, 0.05) is 32.5 Å². The minimum atomic E-state index is -0.713. The summed E-state index contributed by atoms with van der Waals surface area (Å²) in [5.41, 5.74) is 0.860. The fourth-order valence-electron chi connectivity index (χ4n) is 2.91. The number of ether oxygens (including phenoxy) is 1. The van der Waals surface area contributed by atoms with E-state index in [1.807, 2.05) is 47.3 Å². The summed E-state index contributed by atoms with van der Waals surface area (Å²) in [4.78, 5) is 26.2. The van der Waals surface area contributed by atoms with E-state index in [-0.39, 0.29) is 18.4 Å². The monoisotopic (exact) mass is 342 g/mol. The predicted molar refractivity (Wildman–Crippen MR) is 91.5 cm³/mol. The molecule has 7 nitrogen and oxygen atoms in total. The highest BCUT2D eigenvalue weighted by Gasteiger charge is 2.37. The van der Waals surface area contributed by atoms with Gasteiger partial charge in [0.15, 0.2) is 6.10 Å². The first-order valence-electron chi connectivity index (χ1n) is 8.33. The third-order valence-electron chi connectivity index (χ3n) is 4.23. The lowest BCUT2D eigenvalue weighted by Gasteiger charge is -2.34. The summed E-state index contributed by atoms with van der Waals surface area (Å²) in [6.45, 7) is 1.24. The SMILES string of the molecule is CN(CCCn1cccn1)C(=O)[C@H]1OCC(=O)N[C@@H]1c1ccccc1. The van der Waals surface area contributed by atoms with E-state index < -0.39 is 12.1 Å². The summed E-state index contributed by atoms with van der Waals surface area (Å²) >= 11 is 0. The molecular weight excluding hydrogens is 320 g/mol. The predicted octanol–water partition coefficient (Wildman–Crippen LogP) is 0.988. The van der Waals surface area contributed by atoms with E-state index in [2.05, 4.69) is 10.4 Å². The number of benzene rings is 1. The van der Waals surface area contributed by atoms with Gasteiger partial charge in [0.05, 0.1) is 6.04 Å². The smallest absolute Gasteiger partial charge is 0.253 e. The minimum Gasteiger partial charge on any atom is -0.356 e. The highest BCUT2D eigenvalue weighted by atomic mass is 16.5. The summed E-state index contributed by atoms with van der Waals surface area (Å²) in [5.74, 6) is -0.339. The Morgan fingerprint density at radius 1 is 1.36 bits per heavy atom. The van der Waals surface area contributed by atoms with Gasteiger partial charge in [-0.25, -0.2) is 0 Å². The summed E-state index contributed by atoms with van der Waals surface area (Å²) in [5, 5.41) is 7.02. The van der Waals surface area contributed by atoms with Crippen molar-refractivity contribution in [3.05, 3.63) is 54.4 Å². The van der Waals surface area contributed by atoms with Gasteiger partial charge in [-0.15, -0.1) is 0 Å². The quantitative estimate of drug-likeness (QED) is 0.849. The number of hydrogen-bond acceptors (Lipinski definition) is 4. The lowest BCUT2D eigenvalue weighted by molar-refractivity contribution is -0.154. The van der Waals surface area contributed by atoms with Crippen LogP contribution in [-0.2, 0) is 20.9 Å². The van der Waals surface area contributed by atoms with E-state index in [4.69, 9.17) is 4.74 Å². The zero-order valence-electron chi connectivity index (χ0n) is 14.2. The number of morpholine rings is 1. The number of nitrogens with one attached hydrogen (secondary N) is 1. The number of aromatic nitrogens is 2. The zero-order valence-corrected chi connectivity index (χ0v) is 14.2. The van der Waals surface area contributed by atoms with Crippen LogP contribution in [0, 0.1) is 0 Å². The molecule has 1 N–H and O–H groups in total. The second-order valence-electron chi connectivity index (χ2n) is 6.07. The van der Waals surface area contributed by atoms with Gasteiger partial charge in [0.2, 0.25) is 5.91 Å². The zero-order chi connectivity index (χ0) is 17.6. The van der Waals surface area contributed by atoms with Gasteiger partial charge in [-0.05, 0) is 18.1 Å². The Labute approximate surface area is 146 Å². The molecule has 1 aromatic carbocycles. The lowest BCUT2D eigenvalue weighted by atomic mass is 9.99. The van der Waals surface area contributed by atoms with Gasteiger partial charge in [0.1, 0.15) is 6.61 Å². The van der Waals surface area contributed by atoms with E-state index in [9.17, 15) is 9.59 Å². The van der Waals surface area contributed by atoms with E-state index in [0.29, 0.717) is 6.54 Å². The maximum absolute atomic E-state index is 12.8. The second kappa shape index (κ2) is 7.94. The van der Waals surface area contributed by atoms with Crippen molar-refractivity contribution in [1.82, 2.24) is 20.0 Å². The molecule has 0 spiro atoms. The first-order chi connectivity index (χ1) is 12.1. The number of carbonyl (C=O) groups is 2. The van der Waals surface area contributed by atoms with Crippen molar-refractivity contribution in [2.24, 2.45) is 0 Å². The molecule has 132 valence electrons. The topological polar surface area (TPSA) is 76.5 Å². The van der Waals surface area contributed by atoms with Crippen LogP contribution in [0.5, 0.6) is 0 Å². The second-order valence-corrected chi connectivity index (χ2v) is 6.07. The van der Waals surface area contributed by atoms with E-state index in [0.717, 1.165) is 18.5 Å². The van der Waals surface area contributed by atoms with Gasteiger partial charge < -0.3 is 15.0 Å². The standard InChI is InChI=1S/C18H22N4O3/c1-21(10-6-12-22-11-5-9-19-22)18(24)17-16(20-15(23)13-25-17)14-7-3-2-4-8-14/h2-5,7-9,11,16-17H,6,10,12-13H2,1H3,(H,20,23)/t16-,17+/m1/s1. The number of rotatable bonds is 6. The van der Waals surface area contributed by atoms with Crippen molar-refractivity contribution >= 4 is 11.8 Å². The first kappa shape index (κ1) is 17.2. The summed E-state index contributed by atoms with van der Waals surface area (Å²) < 4.78 is 7.41. The van der Waals surface area contributed by atoms with Crippen molar-refractivity contribution < 1.29 is 14.3 Å². The Kier molecular flexibility index (Phi) is 5.45. The van der Waals surface area contributed by atoms with Crippen LogP contribution < -0.4 is 5.32 Å². The minimum absolute atomic E-state index is 0.0964. The molecule has 2 aromatic rings. The molecule has 0 saturated carbocycles. The van der Waals surface area contributed by atoms with Gasteiger partial charge in [-0.3, -0.25) is 14.3 Å². The van der Waals surface area contributed by atoms with Crippen LogP contribution in [0.3, 0.4) is 0 Å². The highest BCUT2D eigenvalue weighted by Crippen LogP contribution is 2.23.